The van der Waals surface area contributed by atoms with E-state index in [0.717, 1.165) is 5.56 Å². The van der Waals surface area contributed by atoms with Gasteiger partial charge in [-0.3, -0.25) is 0 Å². The summed E-state index contributed by atoms with van der Waals surface area (Å²) in [5, 5.41) is 16.6. The highest BCUT2D eigenvalue weighted by Gasteiger charge is 2.21. The molecule has 2 aromatic carbocycles. The van der Waals surface area contributed by atoms with Crippen molar-refractivity contribution in [1.82, 2.24) is 5.32 Å². The van der Waals surface area contributed by atoms with E-state index in [1.165, 1.54) is 42.9 Å². The molecule has 0 saturated heterocycles. The maximum Gasteiger partial charge on any atom is 0.0940 e. The third-order valence-electron chi connectivity index (χ3n) is 4.69. The molecule has 2 aromatic rings. The molecule has 0 spiro atoms. The molecule has 0 radical (unpaired) electrons. The van der Waals surface area contributed by atoms with Gasteiger partial charge in [-0.15, -0.1) is 0 Å². The highest BCUT2D eigenvalue weighted by Crippen LogP contribution is 2.24. The second kappa shape index (κ2) is 6.59. The van der Waals surface area contributed by atoms with Crippen LogP contribution in [0.15, 0.2) is 42.5 Å². The van der Waals surface area contributed by atoms with Gasteiger partial charge >= 0.3 is 0 Å². The van der Waals surface area contributed by atoms with Crippen molar-refractivity contribution in [2.24, 2.45) is 0 Å². The Morgan fingerprint density at radius 2 is 1.71 bits per heavy atom. The maximum absolute atomic E-state index is 10.6. The molecule has 2 atom stereocenters. The molecule has 2 heteroatoms. The minimum absolute atomic E-state index is 0.0919. The molecule has 2 nitrogen and oxygen atoms in total. The number of benzene rings is 2. The van der Waals surface area contributed by atoms with Gasteiger partial charge in [-0.2, -0.15) is 0 Å². The zero-order chi connectivity index (χ0) is 14.7. The van der Waals surface area contributed by atoms with Gasteiger partial charge in [0, 0.05) is 12.1 Å². The number of hydrogen-bond donors (Lipinski definition) is 2. The lowest BCUT2D eigenvalue weighted by Crippen LogP contribution is -2.41. The van der Waals surface area contributed by atoms with Crippen LogP contribution >= 0.6 is 0 Å². The van der Waals surface area contributed by atoms with Crippen LogP contribution in [0.4, 0.5) is 0 Å². The lowest BCUT2D eigenvalue weighted by atomic mass is 9.93. The molecule has 0 amide bonds. The first-order chi connectivity index (χ1) is 10.2. The Kier molecular flexibility index (Phi) is 4.57. The van der Waals surface area contributed by atoms with E-state index >= 15 is 0 Å². The first-order valence-corrected chi connectivity index (χ1v) is 8.17. The Morgan fingerprint density at radius 1 is 1.00 bits per heavy atom. The van der Waals surface area contributed by atoms with Crippen LogP contribution in [0, 0.1) is 0 Å². The van der Waals surface area contributed by atoms with E-state index in [9.17, 15) is 5.11 Å². The molecular weight excluding hydrogens is 258 g/mol. The molecule has 1 saturated carbocycles. The molecule has 2 N–H and O–H groups in total. The summed E-state index contributed by atoms with van der Waals surface area (Å²) >= 11 is 0. The van der Waals surface area contributed by atoms with Gasteiger partial charge in [0.15, 0.2) is 0 Å². The van der Waals surface area contributed by atoms with E-state index in [1.54, 1.807) is 0 Å². The molecule has 2 unspecified atom stereocenters. The molecule has 0 aromatic heterocycles. The van der Waals surface area contributed by atoms with Crippen LogP contribution < -0.4 is 5.32 Å². The number of aliphatic hydroxyl groups is 1. The molecule has 0 bridgehead atoms. The molecule has 0 aliphatic heterocycles. The van der Waals surface area contributed by atoms with Crippen LogP contribution in [-0.4, -0.2) is 17.2 Å². The minimum atomic E-state index is -0.448. The summed E-state index contributed by atoms with van der Waals surface area (Å²) in [6.07, 6.45) is 6.03. The van der Waals surface area contributed by atoms with Gasteiger partial charge in [0.2, 0.25) is 0 Å². The fraction of sp³-hybridized carbons (Fsp3) is 0.474. The van der Waals surface area contributed by atoms with Crippen molar-refractivity contribution in [3.05, 3.63) is 48.0 Å². The molecule has 3 rings (SSSR count). The van der Waals surface area contributed by atoms with Gasteiger partial charge < -0.3 is 10.4 Å². The van der Waals surface area contributed by atoms with Crippen LogP contribution in [0.5, 0.6) is 0 Å². The van der Waals surface area contributed by atoms with Crippen molar-refractivity contribution < 1.29 is 5.11 Å². The van der Waals surface area contributed by atoms with Crippen LogP contribution in [0.25, 0.3) is 10.8 Å². The third-order valence-corrected chi connectivity index (χ3v) is 4.69. The van der Waals surface area contributed by atoms with Crippen LogP contribution in [-0.2, 0) is 0 Å². The molecule has 1 aliphatic carbocycles. The summed E-state index contributed by atoms with van der Waals surface area (Å²) in [5.74, 6) is 0. The second-order valence-corrected chi connectivity index (χ2v) is 6.34. The SMILES string of the molecule is CC(NC1CCCCC1)C(O)c1ccc2ccccc2c1. The predicted molar refractivity (Wildman–Crippen MR) is 88.4 cm³/mol. The smallest absolute Gasteiger partial charge is 0.0940 e. The second-order valence-electron chi connectivity index (χ2n) is 6.34. The quantitative estimate of drug-likeness (QED) is 0.882. The highest BCUT2D eigenvalue weighted by atomic mass is 16.3. The zero-order valence-corrected chi connectivity index (χ0v) is 12.8. The molecule has 0 heterocycles. The summed E-state index contributed by atoms with van der Waals surface area (Å²) in [5.41, 5.74) is 1.00. The summed E-state index contributed by atoms with van der Waals surface area (Å²) in [6, 6.07) is 15.2. The number of fused-ring (bicyclic) bond motifs is 1. The van der Waals surface area contributed by atoms with Gasteiger partial charge in [0.05, 0.1) is 6.10 Å². The summed E-state index contributed by atoms with van der Waals surface area (Å²) < 4.78 is 0. The first-order valence-electron chi connectivity index (χ1n) is 8.17. The van der Waals surface area contributed by atoms with E-state index in [1.807, 2.05) is 18.2 Å². The van der Waals surface area contributed by atoms with Crippen molar-refractivity contribution in [2.45, 2.75) is 57.2 Å². The van der Waals surface area contributed by atoms with Crippen molar-refractivity contribution in [3.63, 3.8) is 0 Å². The van der Waals surface area contributed by atoms with Gasteiger partial charge in [0.1, 0.15) is 0 Å². The molecule has 1 fully saturated rings. The fourth-order valence-electron chi connectivity index (χ4n) is 3.41. The monoisotopic (exact) mass is 283 g/mol. The van der Waals surface area contributed by atoms with E-state index in [0.29, 0.717) is 6.04 Å². The lowest BCUT2D eigenvalue weighted by molar-refractivity contribution is 0.125. The summed E-state index contributed by atoms with van der Waals surface area (Å²) in [7, 11) is 0. The first kappa shape index (κ1) is 14.6. The standard InChI is InChI=1S/C19H25NO/c1-14(20-18-9-3-2-4-10-18)19(21)17-12-11-15-7-5-6-8-16(15)13-17/h5-8,11-14,18-21H,2-4,9-10H2,1H3. The molecular formula is C19H25NO. The molecule has 1 aliphatic rings. The van der Waals surface area contributed by atoms with Crippen molar-refractivity contribution >= 4 is 10.8 Å². The van der Waals surface area contributed by atoms with Gasteiger partial charge in [-0.05, 0) is 42.2 Å². The number of rotatable bonds is 4. The topological polar surface area (TPSA) is 32.3 Å². The minimum Gasteiger partial charge on any atom is -0.387 e. The fourth-order valence-corrected chi connectivity index (χ4v) is 3.41. The normalized spacial score (nSPS) is 19.5. The van der Waals surface area contributed by atoms with Crippen LogP contribution in [0.2, 0.25) is 0 Å². The van der Waals surface area contributed by atoms with Gasteiger partial charge in [0.25, 0.3) is 0 Å². The van der Waals surface area contributed by atoms with Crippen molar-refractivity contribution in [1.29, 1.82) is 0 Å². The summed E-state index contributed by atoms with van der Waals surface area (Å²) in [6.45, 7) is 2.09. The van der Waals surface area contributed by atoms with E-state index in [2.05, 4.69) is 36.5 Å². The Balaban J connectivity index is 1.71. The number of aliphatic hydroxyl groups excluding tert-OH is 1. The average Bonchev–Trinajstić information content (AvgIpc) is 2.54. The Hall–Kier alpha value is -1.38. The third kappa shape index (κ3) is 3.45. The van der Waals surface area contributed by atoms with Gasteiger partial charge in [-0.1, -0.05) is 55.7 Å². The highest BCUT2D eigenvalue weighted by molar-refractivity contribution is 5.83. The van der Waals surface area contributed by atoms with E-state index in [4.69, 9.17) is 0 Å². The Bertz CT molecular complexity index is 589. The molecule has 112 valence electrons. The zero-order valence-electron chi connectivity index (χ0n) is 12.8. The lowest BCUT2D eigenvalue weighted by Gasteiger charge is -2.29. The summed E-state index contributed by atoms with van der Waals surface area (Å²) in [4.78, 5) is 0. The Morgan fingerprint density at radius 3 is 2.48 bits per heavy atom. The average molecular weight is 283 g/mol. The maximum atomic E-state index is 10.6. The number of hydrogen-bond acceptors (Lipinski definition) is 2. The largest absolute Gasteiger partial charge is 0.387 e. The molecule has 21 heavy (non-hydrogen) atoms. The van der Waals surface area contributed by atoms with Crippen molar-refractivity contribution in [3.8, 4) is 0 Å². The van der Waals surface area contributed by atoms with E-state index < -0.39 is 6.10 Å². The van der Waals surface area contributed by atoms with Crippen LogP contribution in [0.1, 0.15) is 50.7 Å². The van der Waals surface area contributed by atoms with E-state index in [-0.39, 0.29) is 6.04 Å². The van der Waals surface area contributed by atoms with Crippen LogP contribution in [0.3, 0.4) is 0 Å². The predicted octanol–water partition coefficient (Wildman–Crippen LogP) is 4.18. The number of nitrogens with one attached hydrogen (secondary N) is 1. The Labute approximate surface area is 127 Å². The van der Waals surface area contributed by atoms with Crippen molar-refractivity contribution in [2.75, 3.05) is 0 Å². The van der Waals surface area contributed by atoms with Gasteiger partial charge in [-0.25, -0.2) is 0 Å².